The number of hydrogen-bond donors (Lipinski definition) is 1. The van der Waals surface area contributed by atoms with Gasteiger partial charge in [0.05, 0.1) is 13.2 Å². The summed E-state index contributed by atoms with van der Waals surface area (Å²) in [5, 5.41) is 9.19. The fraction of sp³-hybridized carbons (Fsp3) is 1.00. The lowest BCUT2D eigenvalue weighted by molar-refractivity contribution is 0.0370. The Balaban J connectivity index is 2.07. The fourth-order valence-corrected chi connectivity index (χ4v) is 3.17. The van der Waals surface area contributed by atoms with E-state index >= 15 is 0 Å². The van der Waals surface area contributed by atoms with E-state index in [9.17, 15) is 5.11 Å². The number of unbranched alkanes of at least 4 members (excludes halogenated alkanes) is 2. The molecule has 1 saturated heterocycles. The molecular weight excluding hydrogens is 250 g/mol. The van der Waals surface area contributed by atoms with Crippen molar-refractivity contribution in [2.24, 2.45) is 11.3 Å². The molecule has 0 aromatic carbocycles. The van der Waals surface area contributed by atoms with Crippen LogP contribution in [0.5, 0.6) is 0 Å². The molecule has 0 unspecified atom stereocenters. The summed E-state index contributed by atoms with van der Waals surface area (Å²) >= 11 is 0. The Hall–Kier alpha value is -0.120. The first kappa shape index (κ1) is 17.9. The van der Waals surface area contributed by atoms with Crippen LogP contribution in [0.2, 0.25) is 0 Å². The lowest BCUT2D eigenvalue weighted by Crippen LogP contribution is -2.36. The summed E-state index contributed by atoms with van der Waals surface area (Å²) in [6, 6.07) is 0. The Kier molecular flexibility index (Phi) is 8.74. The zero-order valence-electron chi connectivity index (χ0n) is 13.9. The summed E-state index contributed by atoms with van der Waals surface area (Å²) < 4.78 is 5.37. The van der Waals surface area contributed by atoms with E-state index in [1.165, 1.54) is 38.6 Å². The normalized spacial score (nSPS) is 19.2. The maximum absolute atomic E-state index is 9.19. The molecule has 0 bridgehead atoms. The van der Waals surface area contributed by atoms with Crippen LogP contribution in [0.3, 0.4) is 0 Å². The minimum atomic E-state index is 0.342. The summed E-state index contributed by atoms with van der Waals surface area (Å²) in [6.07, 6.45) is 7.43. The topological polar surface area (TPSA) is 32.7 Å². The van der Waals surface area contributed by atoms with Gasteiger partial charge < -0.3 is 9.84 Å². The van der Waals surface area contributed by atoms with Gasteiger partial charge in [-0.1, -0.05) is 40.0 Å². The second-order valence-corrected chi connectivity index (χ2v) is 7.45. The molecule has 1 atom stereocenters. The van der Waals surface area contributed by atoms with Gasteiger partial charge in [0.15, 0.2) is 0 Å². The molecule has 1 N–H and O–H groups in total. The van der Waals surface area contributed by atoms with Gasteiger partial charge in [0.1, 0.15) is 0 Å². The third kappa shape index (κ3) is 8.93. The van der Waals surface area contributed by atoms with Gasteiger partial charge in [-0.2, -0.15) is 0 Å². The summed E-state index contributed by atoms with van der Waals surface area (Å²) in [7, 11) is 0. The summed E-state index contributed by atoms with van der Waals surface area (Å²) in [6.45, 7) is 12.5. The second-order valence-electron chi connectivity index (χ2n) is 7.45. The molecule has 1 aliphatic heterocycles. The maximum atomic E-state index is 9.19. The molecule has 120 valence electrons. The van der Waals surface area contributed by atoms with E-state index in [2.05, 4.69) is 25.7 Å². The van der Waals surface area contributed by atoms with Crippen molar-refractivity contribution >= 4 is 0 Å². The molecule has 3 heteroatoms. The van der Waals surface area contributed by atoms with Crippen molar-refractivity contribution < 1.29 is 9.84 Å². The standard InChI is InChI=1S/C17H35NO2/c1-17(2,3)15-16(8-12-19)7-5-4-6-9-18-10-13-20-14-11-18/h16,19H,4-15H2,1-3H3/t16-/m0/s1. The minimum Gasteiger partial charge on any atom is -0.396 e. The molecule has 0 spiro atoms. The molecule has 0 radical (unpaired) electrons. The van der Waals surface area contributed by atoms with Crippen molar-refractivity contribution in [3.8, 4) is 0 Å². The molecule has 3 nitrogen and oxygen atoms in total. The lowest BCUT2D eigenvalue weighted by Gasteiger charge is -2.27. The second kappa shape index (κ2) is 9.75. The summed E-state index contributed by atoms with van der Waals surface area (Å²) in [4.78, 5) is 2.52. The Bertz CT molecular complexity index is 232. The average Bonchev–Trinajstić information content (AvgIpc) is 2.38. The number of rotatable bonds is 9. The molecule has 0 aromatic heterocycles. The zero-order valence-corrected chi connectivity index (χ0v) is 13.9. The van der Waals surface area contributed by atoms with E-state index in [4.69, 9.17) is 4.74 Å². The van der Waals surface area contributed by atoms with Crippen LogP contribution >= 0.6 is 0 Å². The van der Waals surface area contributed by atoms with Crippen LogP contribution in [-0.2, 0) is 4.74 Å². The van der Waals surface area contributed by atoms with E-state index in [1.54, 1.807) is 0 Å². The molecule has 0 saturated carbocycles. The van der Waals surface area contributed by atoms with Gasteiger partial charge in [-0.15, -0.1) is 0 Å². The van der Waals surface area contributed by atoms with Crippen molar-refractivity contribution in [1.82, 2.24) is 4.90 Å². The Morgan fingerprint density at radius 3 is 2.35 bits per heavy atom. The van der Waals surface area contributed by atoms with Crippen LogP contribution in [0.4, 0.5) is 0 Å². The first-order valence-corrected chi connectivity index (χ1v) is 8.42. The van der Waals surface area contributed by atoms with Gasteiger partial charge in [-0.3, -0.25) is 4.90 Å². The third-order valence-electron chi connectivity index (χ3n) is 4.13. The van der Waals surface area contributed by atoms with Crippen molar-refractivity contribution in [3.63, 3.8) is 0 Å². The SMILES string of the molecule is CC(C)(C)C[C@H](CCO)CCCCCN1CCOCC1. The number of aliphatic hydroxyl groups excluding tert-OH is 1. The Morgan fingerprint density at radius 2 is 1.75 bits per heavy atom. The van der Waals surface area contributed by atoms with Crippen molar-refractivity contribution in [2.45, 2.75) is 59.3 Å². The molecule has 1 fully saturated rings. The number of hydrogen-bond acceptors (Lipinski definition) is 3. The number of ether oxygens (including phenoxy) is 1. The quantitative estimate of drug-likeness (QED) is 0.660. The molecule has 20 heavy (non-hydrogen) atoms. The van der Waals surface area contributed by atoms with Crippen LogP contribution in [-0.4, -0.2) is 49.5 Å². The van der Waals surface area contributed by atoms with E-state index in [0.29, 0.717) is 17.9 Å². The monoisotopic (exact) mass is 285 g/mol. The van der Waals surface area contributed by atoms with E-state index in [0.717, 1.165) is 32.7 Å². The van der Waals surface area contributed by atoms with E-state index < -0.39 is 0 Å². The molecule has 0 aliphatic carbocycles. The molecule has 0 aromatic rings. The van der Waals surface area contributed by atoms with Crippen LogP contribution in [0.1, 0.15) is 59.3 Å². The first-order chi connectivity index (χ1) is 9.51. The number of morpholine rings is 1. The highest BCUT2D eigenvalue weighted by atomic mass is 16.5. The minimum absolute atomic E-state index is 0.342. The summed E-state index contributed by atoms with van der Waals surface area (Å²) in [5.74, 6) is 0.698. The number of aliphatic hydroxyl groups is 1. The highest BCUT2D eigenvalue weighted by Gasteiger charge is 2.18. The molecule has 1 heterocycles. The van der Waals surface area contributed by atoms with Gasteiger partial charge >= 0.3 is 0 Å². The average molecular weight is 285 g/mol. The third-order valence-corrected chi connectivity index (χ3v) is 4.13. The Labute approximate surface area is 125 Å². The number of nitrogens with zero attached hydrogens (tertiary/aromatic N) is 1. The highest BCUT2D eigenvalue weighted by Crippen LogP contribution is 2.29. The predicted molar refractivity (Wildman–Crippen MR) is 85.0 cm³/mol. The Morgan fingerprint density at radius 1 is 1.05 bits per heavy atom. The zero-order chi connectivity index (χ0) is 14.8. The van der Waals surface area contributed by atoms with Crippen molar-refractivity contribution in [1.29, 1.82) is 0 Å². The van der Waals surface area contributed by atoms with Crippen LogP contribution in [0.25, 0.3) is 0 Å². The van der Waals surface area contributed by atoms with E-state index in [-0.39, 0.29) is 0 Å². The maximum Gasteiger partial charge on any atom is 0.0594 e. The van der Waals surface area contributed by atoms with Crippen LogP contribution in [0, 0.1) is 11.3 Å². The molecule has 1 aliphatic rings. The molecular formula is C17H35NO2. The molecule has 0 amide bonds. The molecule has 1 rings (SSSR count). The van der Waals surface area contributed by atoms with Crippen molar-refractivity contribution in [2.75, 3.05) is 39.5 Å². The smallest absolute Gasteiger partial charge is 0.0594 e. The largest absolute Gasteiger partial charge is 0.396 e. The van der Waals surface area contributed by atoms with Crippen LogP contribution < -0.4 is 0 Å². The highest BCUT2D eigenvalue weighted by molar-refractivity contribution is 4.70. The van der Waals surface area contributed by atoms with E-state index in [1.807, 2.05) is 0 Å². The lowest BCUT2D eigenvalue weighted by atomic mass is 9.81. The van der Waals surface area contributed by atoms with Gasteiger partial charge in [0.2, 0.25) is 0 Å². The van der Waals surface area contributed by atoms with Crippen LogP contribution in [0.15, 0.2) is 0 Å². The van der Waals surface area contributed by atoms with Gasteiger partial charge in [0.25, 0.3) is 0 Å². The van der Waals surface area contributed by atoms with Gasteiger partial charge in [0, 0.05) is 19.7 Å². The van der Waals surface area contributed by atoms with Gasteiger partial charge in [-0.25, -0.2) is 0 Å². The first-order valence-electron chi connectivity index (χ1n) is 8.42. The van der Waals surface area contributed by atoms with Gasteiger partial charge in [-0.05, 0) is 37.1 Å². The fourth-order valence-electron chi connectivity index (χ4n) is 3.17. The predicted octanol–water partition coefficient (Wildman–Crippen LogP) is 3.31. The van der Waals surface area contributed by atoms with Crippen molar-refractivity contribution in [3.05, 3.63) is 0 Å². The summed E-state index contributed by atoms with van der Waals surface area (Å²) in [5.41, 5.74) is 0.383.